The second-order valence-corrected chi connectivity index (χ2v) is 2.85. The second kappa shape index (κ2) is 4.10. The van der Waals surface area contributed by atoms with Crippen molar-refractivity contribution in [3.8, 4) is 5.75 Å². The third kappa shape index (κ3) is 2.22. The molecular formula is C8H9O3P. The molecule has 0 bridgehead atoms. The van der Waals surface area contributed by atoms with Crippen molar-refractivity contribution in [1.29, 1.82) is 0 Å². The molecule has 0 heterocycles. The van der Waals surface area contributed by atoms with Gasteiger partial charge in [0.2, 0.25) is 0 Å². The molecule has 0 aliphatic carbocycles. The molecule has 12 heavy (non-hydrogen) atoms. The van der Waals surface area contributed by atoms with Crippen LogP contribution in [0.3, 0.4) is 0 Å². The Bertz CT molecular complexity index is 309. The molecule has 0 saturated carbocycles. The summed E-state index contributed by atoms with van der Waals surface area (Å²) in [6.45, 7) is 3.55. The van der Waals surface area contributed by atoms with Crippen LogP contribution in [0.2, 0.25) is 0 Å². The van der Waals surface area contributed by atoms with E-state index in [1.165, 1.54) is 0 Å². The maximum atomic E-state index is 10.4. The lowest BCUT2D eigenvalue weighted by Gasteiger charge is -2.03. The van der Waals surface area contributed by atoms with Gasteiger partial charge in [0.05, 0.1) is 0 Å². The molecule has 3 nitrogen and oxygen atoms in total. The lowest BCUT2D eigenvalue weighted by molar-refractivity contribution is 0.410. The highest BCUT2D eigenvalue weighted by Gasteiger charge is 2.00. The third-order valence-electron chi connectivity index (χ3n) is 1.34. The standard InChI is InChI=1S/C8H9O3P/c1-2-7-5-3-4-6-8(7)11-12(9)10/h2-6,12H,1H2,(H,9,10). The Balaban J connectivity index is 2.96. The van der Waals surface area contributed by atoms with E-state index >= 15 is 0 Å². The van der Waals surface area contributed by atoms with E-state index in [4.69, 9.17) is 4.89 Å². The van der Waals surface area contributed by atoms with Gasteiger partial charge in [-0.3, -0.25) is 0 Å². The minimum Gasteiger partial charge on any atom is -0.426 e. The zero-order valence-electron chi connectivity index (χ0n) is 6.36. The summed E-state index contributed by atoms with van der Waals surface area (Å²) in [5.41, 5.74) is 0.713. The first-order valence-electron chi connectivity index (χ1n) is 3.36. The molecule has 0 aromatic heterocycles. The fraction of sp³-hybridized carbons (Fsp3) is 0. The zero-order chi connectivity index (χ0) is 8.97. The molecule has 0 aliphatic rings. The van der Waals surface area contributed by atoms with E-state index in [0.29, 0.717) is 11.3 Å². The lowest BCUT2D eigenvalue weighted by atomic mass is 10.2. The van der Waals surface area contributed by atoms with Crippen molar-refractivity contribution in [1.82, 2.24) is 0 Å². The predicted molar refractivity (Wildman–Crippen MR) is 48.4 cm³/mol. The van der Waals surface area contributed by atoms with Crippen molar-refractivity contribution in [2.75, 3.05) is 0 Å². The summed E-state index contributed by atoms with van der Waals surface area (Å²) >= 11 is 0. The molecule has 64 valence electrons. The van der Waals surface area contributed by atoms with Crippen molar-refractivity contribution < 1.29 is 14.0 Å². The SMILES string of the molecule is C=Cc1ccccc1O[PH](=O)O. The number of hydrogen-bond donors (Lipinski definition) is 1. The van der Waals surface area contributed by atoms with Gasteiger partial charge < -0.3 is 9.42 Å². The molecule has 0 saturated heterocycles. The van der Waals surface area contributed by atoms with Crippen molar-refractivity contribution in [3.63, 3.8) is 0 Å². The molecule has 1 aromatic rings. The molecule has 0 amide bonds. The normalized spacial score (nSPS) is 12.1. The van der Waals surface area contributed by atoms with E-state index < -0.39 is 8.25 Å². The first-order valence-corrected chi connectivity index (χ1v) is 4.62. The third-order valence-corrected chi connectivity index (χ3v) is 1.73. The molecule has 1 atom stereocenters. The van der Waals surface area contributed by atoms with Gasteiger partial charge in [-0.15, -0.1) is 0 Å². The van der Waals surface area contributed by atoms with Crippen LogP contribution in [0.25, 0.3) is 6.08 Å². The summed E-state index contributed by atoms with van der Waals surface area (Å²) < 4.78 is 15.0. The van der Waals surface area contributed by atoms with Gasteiger partial charge in [0.25, 0.3) is 0 Å². The average Bonchev–Trinajstić information content (AvgIpc) is 2.04. The molecule has 0 radical (unpaired) electrons. The smallest absolute Gasteiger partial charge is 0.365 e. The molecule has 4 heteroatoms. The van der Waals surface area contributed by atoms with Gasteiger partial charge in [-0.25, -0.2) is 4.57 Å². The molecule has 0 aliphatic heterocycles. The summed E-state index contributed by atoms with van der Waals surface area (Å²) in [4.78, 5) is 8.52. The minimum atomic E-state index is -2.92. The molecule has 1 rings (SSSR count). The predicted octanol–water partition coefficient (Wildman–Crippen LogP) is 2.09. The van der Waals surface area contributed by atoms with Crippen LogP contribution in [0.4, 0.5) is 0 Å². The van der Waals surface area contributed by atoms with Gasteiger partial charge in [0.1, 0.15) is 5.75 Å². The molecule has 1 unspecified atom stereocenters. The van der Waals surface area contributed by atoms with Crippen LogP contribution in [0.1, 0.15) is 5.56 Å². The number of rotatable bonds is 3. The molecule has 1 aromatic carbocycles. The monoisotopic (exact) mass is 184 g/mol. The highest BCUT2D eigenvalue weighted by atomic mass is 31.1. The highest BCUT2D eigenvalue weighted by molar-refractivity contribution is 7.32. The lowest BCUT2D eigenvalue weighted by Crippen LogP contribution is -1.83. The first-order chi connectivity index (χ1) is 5.74. The van der Waals surface area contributed by atoms with Crippen molar-refractivity contribution in [3.05, 3.63) is 36.4 Å². The van der Waals surface area contributed by atoms with Crippen molar-refractivity contribution in [2.24, 2.45) is 0 Å². The summed E-state index contributed by atoms with van der Waals surface area (Å²) in [6, 6.07) is 6.91. The van der Waals surface area contributed by atoms with Crippen molar-refractivity contribution in [2.45, 2.75) is 0 Å². The van der Waals surface area contributed by atoms with Crippen LogP contribution in [0.5, 0.6) is 5.75 Å². The largest absolute Gasteiger partial charge is 0.426 e. The maximum absolute atomic E-state index is 10.4. The Morgan fingerprint density at radius 1 is 1.50 bits per heavy atom. The van der Waals surface area contributed by atoms with Gasteiger partial charge in [0, 0.05) is 5.56 Å². The Morgan fingerprint density at radius 2 is 2.17 bits per heavy atom. The van der Waals surface area contributed by atoms with Crippen LogP contribution >= 0.6 is 8.25 Å². The van der Waals surface area contributed by atoms with Gasteiger partial charge in [-0.2, -0.15) is 0 Å². The number of hydrogen-bond acceptors (Lipinski definition) is 2. The molecule has 0 fully saturated rings. The van der Waals surface area contributed by atoms with Gasteiger partial charge in [0.15, 0.2) is 0 Å². The molecule has 1 N–H and O–H groups in total. The Labute approximate surface area is 71.3 Å². The molecular weight excluding hydrogens is 175 g/mol. The van der Waals surface area contributed by atoms with Crippen molar-refractivity contribution >= 4 is 14.3 Å². The second-order valence-electron chi connectivity index (χ2n) is 2.11. The fourth-order valence-electron chi connectivity index (χ4n) is 0.836. The maximum Gasteiger partial charge on any atom is 0.365 e. The Kier molecular flexibility index (Phi) is 3.09. The quantitative estimate of drug-likeness (QED) is 0.731. The first kappa shape index (κ1) is 9.04. The average molecular weight is 184 g/mol. The summed E-state index contributed by atoms with van der Waals surface area (Å²) in [5, 5.41) is 0. The summed E-state index contributed by atoms with van der Waals surface area (Å²) in [5.74, 6) is 0.388. The fourth-order valence-corrected chi connectivity index (χ4v) is 1.21. The van der Waals surface area contributed by atoms with E-state index in [1.54, 1.807) is 30.3 Å². The van der Waals surface area contributed by atoms with Gasteiger partial charge in [-0.1, -0.05) is 30.9 Å². The minimum absolute atomic E-state index is 0.388. The van der Waals surface area contributed by atoms with Gasteiger partial charge >= 0.3 is 8.25 Å². The van der Waals surface area contributed by atoms with Crippen LogP contribution in [0, 0.1) is 0 Å². The van der Waals surface area contributed by atoms with Gasteiger partial charge in [-0.05, 0) is 6.07 Å². The van der Waals surface area contributed by atoms with E-state index in [0.717, 1.165) is 0 Å². The summed E-state index contributed by atoms with van der Waals surface area (Å²) in [6.07, 6.45) is 1.57. The van der Waals surface area contributed by atoms with Crippen LogP contribution in [0.15, 0.2) is 30.8 Å². The summed E-state index contributed by atoms with van der Waals surface area (Å²) in [7, 11) is -2.92. The Morgan fingerprint density at radius 3 is 2.75 bits per heavy atom. The van der Waals surface area contributed by atoms with Crippen LogP contribution in [-0.4, -0.2) is 4.89 Å². The van der Waals surface area contributed by atoms with E-state index in [9.17, 15) is 4.57 Å². The van der Waals surface area contributed by atoms with Crippen LogP contribution in [-0.2, 0) is 4.57 Å². The van der Waals surface area contributed by atoms with E-state index in [1.807, 2.05) is 0 Å². The van der Waals surface area contributed by atoms with Crippen LogP contribution < -0.4 is 4.52 Å². The Hall–Kier alpha value is -1.05. The number of para-hydroxylation sites is 1. The highest BCUT2D eigenvalue weighted by Crippen LogP contribution is 2.26. The topological polar surface area (TPSA) is 46.5 Å². The number of benzene rings is 1. The van der Waals surface area contributed by atoms with E-state index in [2.05, 4.69) is 11.1 Å². The zero-order valence-corrected chi connectivity index (χ0v) is 7.36. The molecule has 0 spiro atoms. The van der Waals surface area contributed by atoms with E-state index in [-0.39, 0.29) is 0 Å².